The summed E-state index contributed by atoms with van der Waals surface area (Å²) in [4.78, 5) is 2.48. The third-order valence-corrected chi connectivity index (χ3v) is 3.94. The summed E-state index contributed by atoms with van der Waals surface area (Å²) in [6.07, 6.45) is 2.21. The average molecular weight is 248 g/mol. The molecule has 1 saturated heterocycles. The van der Waals surface area contributed by atoms with Crippen LogP contribution in [0.5, 0.6) is 0 Å². The molecule has 3 N–H and O–H groups in total. The number of aryl methyl sites for hydroxylation is 1. The topological polar surface area (TPSA) is 49.5 Å². The lowest BCUT2D eigenvalue weighted by molar-refractivity contribution is 0.136. The van der Waals surface area contributed by atoms with E-state index in [1.165, 1.54) is 11.1 Å². The maximum Gasteiger partial charge on any atom is 0.0585 e. The van der Waals surface area contributed by atoms with Crippen molar-refractivity contribution in [2.24, 2.45) is 11.7 Å². The molecule has 1 aromatic carbocycles. The zero-order valence-corrected chi connectivity index (χ0v) is 11.2. The lowest BCUT2D eigenvalue weighted by Crippen LogP contribution is -2.42. The van der Waals surface area contributed by atoms with Crippen LogP contribution in [0.1, 0.15) is 24.0 Å². The molecule has 0 aromatic heterocycles. The fourth-order valence-corrected chi connectivity index (χ4v) is 2.76. The molecule has 0 spiro atoms. The molecule has 0 bridgehead atoms. The molecule has 1 aliphatic heterocycles. The standard InChI is InChI=1S/C15H24N2O/c1-12-3-2-4-13(9-12)10-17-7-5-14(6-8-17)15(16)11-18/h2-4,9,14-15,18H,5-8,10-11,16H2,1H3. The molecule has 0 saturated carbocycles. The van der Waals surface area contributed by atoms with Crippen molar-refractivity contribution in [2.45, 2.75) is 32.4 Å². The highest BCUT2D eigenvalue weighted by atomic mass is 16.3. The van der Waals surface area contributed by atoms with Gasteiger partial charge in [-0.15, -0.1) is 0 Å². The number of likely N-dealkylation sites (tertiary alicyclic amines) is 1. The Bertz CT molecular complexity index is 373. The van der Waals surface area contributed by atoms with Crippen LogP contribution in [0.3, 0.4) is 0 Å². The number of aliphatic hydroxyl groups excluding tert-OH is 1. The predicted octanol–water partition coefficient (Wildman–Crippen LogP) is 1.53. The maximum absolute atomic E-state index is 9.08. The molecule has 100 valence electrons. The van der Waals surface area contributed by atoms with Crippen molar-refractivity contribution in [1.29, 1.82) is 0 Å². The van der Waals surface area contributed by atoms with Crippen LogP contribution in [-0.2, 0) is 6.54 Å². The van der Waals surface area contributed by atoms with Crippen molar-refractivity contribution in [1.82, 2.24) is 4.90 Å². The molecule has 0 radical (unpaired) electrons. The quantitative estimate of drug-likeness (QED) is 0.849. The van der Waals surface area contributed by atoms with Gasteiger partial charge in [0.25, 0.3) is 0 Å². The number of hydrogen-bond acceptors (Lipinski definition) is 3. The van der Waals surface area contributed by atoms with Crippen LogP contribution >= 0.6 is 0 Å². The van der Waals surface area contributed by atoms with Crippen molar-refractivity contribution in [2.75, 3.05) is 19.7 Å². The Balaban J connectivity index is 1.83. The van der Waals surface area contributed by atoms with E-state index in [-0.39, 0.29) is 12.6 Å². The second-order valence-electron chi connectivity index (χ2n) is 5.45. The molecule has 0 aliphatic carbocycles. The monoisotopic (exact) mass is 248 g/mol. The van der Waals surface area contributed by atoms with Crippen LogP contribution in [0.25, 0.3) is 0 Å². The Morgan fingerprint density at radius 1 is 1.39 bits per heavy atom. The minimum atomic E-state index is -0.0360. The first-order chi connectivity index (χ1) is 8.69. The van der Waals surface area contributed by atoms with Gasteiger partial charge in [-0.2, -0.15) is 0 Å². The molecule has 1 unspecified atom stereocenters. The van der Waals surface area contributed by atoms with Crippen LogP contribution < -0.4 is 5.73 Å². The lowest BCUT2D eigenvalue weighted by Gasteiger charge is -2.34. The minimum absolute atomic E-state index is 0.0360. The number of nitrogens with two attached hydrogens (primary N) is 1. The van der Waals surface area contributed by atoms with E-state index in [1.54, 1.807) is 0 Å². The van der Waals surface area contributed by atoms with E-state index in [9.17, 15) is 0 Å². The molecule has 1 atom stereocenters. The predicted molar refractivity (Wildman–Crippen MR) is 74.2 cm³/mol. The number of hydrogen-bond donors (Lipinski definition) is 2. The molecule has 1 aromatic rings. The van der Waals surface area contributed by atoms with Crippen LogP contribution in [0.4, 0.5) is 0 Å². The van der Waals surface area contributed by atoms with Gasteiger partial charge in [0, 0.05) is 12.6 Å². The summed E-state index contributed by atoms with van der Waals surface area (Å²) < 4.78 is 0. The van der Waals surface area contributed by atoms with E-state index in [0.717, 1.165) is 32.5 Å². The van der Waals surface area contributed by atoms with Gasteiger partial charge in [0.1, 0.15) is 0 Å². The lowest BCUT2D eigenvalue weighted by atomic mass is 9.90. The van der Waals surface area contributed by atoms with E-state index in [2.05, 4.69) is 36.1 Å². The Morgan fingerprint density at radius 3 is 2.72 bits per heavy atom. The third kappa shape index (κ3) is 3.55. The van der Waals surface area contributed by atoms with Crippen LogP contribution in [0.2, 0.25) is 0 Å². The number of aliphatic hydroxyl groups is 1. The van der Waals surface area contributed by atoms with Gasteiger partial charge in [-0.3, -0.25) is 4.90 Å². The molecule has 0 amide bonds. The van der Waals surface area contributed by atoms with Gasteiger partial charge in [0.05, 0.1) is 6.61 Å². The molecule has 3 heteroatoms. The molecule has 1 aliphatic rings. The second kappa shape index (κ2) is 6.32. The Kier molecular flexibility index (Phi) is 4.75. The Morgan fingerprint density at radius 2 is 2.11 bits per heavy atom. The van der Waals surface area contributed by atoms with Crippen LogP contribution in [-0.4, -0.2) is 35.7 Å². The normalized spacial score (nSPS) is 19.9. The summed E-state index contributed by atoms with van der Waals surface area (Å²) in [7, 11) is 0. The molecular weight excluding hydrogens is 224 g/mol. The maximum atomic E-state index is 9.08. The zero-order chi connectivity index (χ0) is 13.0. The summed E-state index contributed by atoms with van der Waals surface area (Å²) in [6, 6.07) is 8.67. The molecule has 2 rings (SSSR count). The van der Waals surface area contributed by atoms with E-state index in [1.807, 2.05) is 0 Å². The first-order valence-corrected chi connectivity index (χ1v) is 6.83. The largest absolute Gasteiger partial charge is 0.395 e. The summed E-state index contributed by atoms with van der Waals surface area (Å²) in [5.74, 6) is 0.490. The molecule has 1 heterocycles. The summed E-state index contributed by atoms with van der Waals surface area (Å²) in [5.41, 5.74) is 8.61. The molecule has 3 nitrogen and oxygen atoms in total. The smallest absolute Gasteiger partial charge is 0.0585 e. The van der Waals surface area contributed by atoms with Gasteiger partial charge in [0.2, 0.25) is 0 Å². The summed E-state index contributed by atoms with van der Waals surface area (Å²) in [5, 5.41) is 9.08. The van der Waals surface area contributed by atoms with E-state index < -0.39 is 0 Å². The van der Waals surface area contributed by atoms with Gasteiger partial charge >= 0.3 is 0 Å². The fourth-order valence-electron chi connectivity index (χ4n) is 2.76. The number of rotatable bonds is 4. The van der Waals surface area contributed by atoms with E-state index >= 15 is 0 Å². The van der Waals surface area contributed by atoms with Gasteiger partial charge < -0.3 is 10.8 Å². The van der Waals surface area contributed by atoms with Crippen LogP contribution in [0, 0.1) is 12.8 Å². The van der Waals surface area contributed by atoms with Crippen molar-refractivity contribution in [3.63, 3.8) is 0 Å². The van der Waals surface area contributed by atoms with Gasteiger partial charge in [-0.1, -0.05) is 29.8 Å². The minimum Gasteiger partial charge on any atom is -0.395 e. The second-order valence-corrected chi connectivity index (χ2v) is 5.45. The SMILES string of the molecule is Cc1cccc(CN2CCC(C(N)CO)CC2)c1. The van der Waals surface area contributed by atoms with E-state index in [0.29, 0.717) is 5.92 Å². The van der Waals surface area contributed by atoms with Crippen molar-refractivity contribution in [3.05, 3.63) is 35.4 Å². The number of benzene rings is 1. The highest BCUT2D eigenvalue weighted by Crippen LogP contribution is 2.21. The van der Waals surface area contributed by atoms with Crippen molar-refractivity contribution >= 4 is 0 Å². The average Bonchev–Trinajstić information content (AvgIpc) is 2.39. The van der Waals surface area contributed by atoms with E-state index in [4.69, 9.17) is 10.8 Å². The highest BCUT2D eigenvalue weighted by molar-refractivity contribution is 5.22. The van der Waals surface area contributed by atoms with Crippen molar-refractivity contribution in [3.8, 4) is 0 Å². The zero-order valence-electron chi connectivity index (χ0n) is 11.2. The summed E-state index contributed by atoms with van der Waals surface area (Å²) in [6.45, 7) is 5.46. The van der Waals surface area contributed by atoms with Crippen LogP contribution in [0.15, 0.2) is 24.3 Å². The first kappa shape index (κ1) is 13.5. The molecule has 18 heavy (non-hydrogen) atoms. The first-order valence-electron chi connectivity index (χ1n) is 6.83. The van der Waals surface area contributed by atoms with Gasteiger partial charge in [-0.25, -0.2) is 0 Å². The highest BCUT2D eigenvalue weighted by Gasteiger charge is 2.23. The Labute approximate surface area is 110 Å². The molecular formula is C15H24N2O. The summed E-state index contributed by atoms with van der Waals surface area (Å²) >= 11 is 0. The van der Waals surface area contributed by atoms with Gasteiger partial charge in [-0.05, 0) is 44.3 Å². The van der Waals surface area contributed by atoms with Crippen molar-refractivity contribution < 1.29 is 5.11 Å². The number of nitrogens with zero attached hydrogens (tertiary/aromatic N) is 1. The fraction of sp³-hybridized carbons (Fsp3) is 0.600. The molecule has 1 fully saturated rings. The van der Waals surface area contributed by atoms with Gasteiger partial charge in [0.15, 0.2) is 0 Å². The third-order valence-electron chi connectivity index (χ3n) is 3.94. The number of piperidine rings is 1. The Hall–Kier alpha value is -0.900.